The average molecular weight is 617 g/mol. The minimum Gasteiger partial charge on any atom is -0.485 e. The van der Waals surface area contributed by atoms with Crippen molar-refractivity contribution in [1.82, 2.24) is 9.88 Å². The molecule has 3 aromatic carbocycles. The molecule has 0 amide bonds. The third kappa shape index (κ3) is 7.31. The summed E-state index contributed by atoms with van der Waals surface area (Å²) in [5, 5.41) is 18.4. The molecule has 0 fully saturated rings. The lowest BCUT2D eigenvalue weighted by molar-refractivity contribution is -0.136. The second-order valence-electron chi connectivity index (χ2n) is 9.64. The monoisotopic (exact) mass is 616 g/mol. The lowest BCUT2D eigenvalue weighted by atomic mass is 10.1. The number of ether oxygens (including phenoxy) is 3. The summed E-state index contributed by atoms with van der Waals surface area (Å²) in [6.07, 6.45) is 2.01. The highest BCUT2D eigenvalue weighted by atomic mass is 32.2. The summed E-state index contributed by atoms with van der Waals surface area (Å²) in [5.74, 6) is -3.77. The van der Waals surface area contributed by atoms with Gasteiger partial charge in [-0.1, -0.05) is 30.3 Å². The summed E-state index contributed by atoms with van der Waals surface area (Å²) in [7, 11) is 1.85. The van der Waals surface area contributed by atoms with Crippen LogP contribution in [0.25, 0.3) is 0 Å². The van der Waals surface area contributed by atoms with E-state index in [4.69, 9.17) is 19.3 Å². The molecule has 1 unspecified atom stereocenters. The SMILES string of the molecule is CN1CC=NC1c1cc(SCCC(=O)O)ccc1Oc1c(F)cnc(Oc2cc(C#N)ccc2OCc2ccccc2)c1F. The standard InChI is InChI=1S/C32H26F2N4O5S/c1-38-13-12-36-31(38)23-16-22(44-14-11-28(39)40)8-10-25(23)42-30-24(33)18-37-32(29(30)34)43-27-15-21(17-35)7-9-26(27)41-19-20-5-3-2-4-6-20/h2-10,12,15-16,18,31H,11,13-14,19H2,1H3,(H,39,40). The number of hydrogen-bond donors (Lipinski definition) is 1. The molecule has 0 spiro atoms. The molecule has 4 aromatic rings. The highest BCUT2D eigenvalue weighted by Gasteiger charge is 2.27. The maximum absolute atomic E-state index is 15.8. The number of nitrogens with zero attached hydrogens (tertiary/aromatic N) is 4. The van der Waals surface area contributed by atoms with E-state index in [-0.39, 0.29) is 35.8 Å². The van der Waals surface area contributed by atoms with Gasteiger partial charge in [0.05, 0.1) is 24.3 Å². The van der Waals surface area contributed by atoms with E-state index in [1.807, 2.05) is 48.3 Å². The van der Waals surface area contributed by atoms with Gasteiger partial charge in [-0.2, -0.15) is 9.65 Å². The van der Waals surface area contributed by atoms with Gasteiger partial charge in [0, 0.05) is 35.0 Å². The van der Waals surface area contributed by atoms with E-state index >= 15 is 8.78 Å². The van der Waals surface area contributed by atoms with Crippen LogP contribution in [0.2, 0.25) is 0 Å². The zero-order valence-electron chi connectivity index (χ0n) is 23.4. The first-order valence-electron chi connectivity index (χ1n) is 13.4. The topological polar surface area (TPSA) is 117 Å². The number of aromatic nitrogens is 1. The molecule has 224 valence electrons. The summed E-state index contributed by atoms with van der Waals surface area (Å²) in [6, 6.07) is 20.8. The van der Waals surface area contributed by atoms with E-state index in [9.17, 15) is 10.1 Å². The smallest absolute Gasteiger partial charge is 0.304 e. The number of carboxylic acid groups (broad SMARTS) is 1. The number of halogens is 2. The van der Waals surface area contributed by atoms with Crippen LogP contribution in [-0.4, -0.2) is 46.5 Å². The predicted molar refractivity (Wildman–Crippen MR) is 160 cm³/mol. The number of hydrogen-bond acceptors (Lipinski definition) is 9. The van der Waals surface area contributed by atoms with Crippen LogP contribution in [0.1, 0.15) is 29.3 Å². The molecule has 1 aliphatic rings. The Morgan fingerprint density at radius 3 is 2.61 bits per heavy atom. The van der Waals surface area contributed by atoms with E-state index in [1.165, 1.54) is 30.0 Å². The fourth-order valence-corrected chi connectivity index (χ4v) is 5.18. The van der Waals surface area contributed by atoms with Crippen molar-refractivity contribution >= 4 is 23.9 Å². The van der Waals surface area contributed by atoms with Crippen LogP contribution in [0.5, 0.6) is 28.9 Å². The first-order chi connectivity index (χ1) is 21.3. The molecule has 1 N–H and O–H groups in total. The molecule has 1 aliphatic heterocycles. The number of carbonyl (C=O) groups is 1. The lowest BCUT2D eigenvalue weighted by Gasteiger charge is -2.22. The van der Waals surface area contributed by atoms with Gasteiger partial charge >= 0.3 is 5.97 Å². The summed E-state index contributed by atoms with van der Waals surface area (Å²) in [6.45, 7) is 0.745. The van der Waals surface area contributed by atoms with Gasteiger partial charge in [0.15, 0.2) is 17.3 Å². The maximum Gasteiger partial charge on any atom is 0.304 e. The number of aliphatic imine (C=N–C) groups is 1. The van der Waals surface area contributed by atoms with Crippen molar-refractivity contribution < 1.29 is 32.9 Å². The van der Waals surface area contributed by atoms with Gasteiger partial charge in [0.2, 0.25) is 11.6 Å². The Labute approximate surface area is 256 Å². The summed E-state index contributed by atoms with van der Waals surface area (Å²) >= 11 is 1.33. The first-order valence-corrected chi connectivity index (χ1v) is 14.4. The predicted octanol–water partition coefficient (Wildman–Crippen LogP) is 6.98. The Hall–Kier alpha value is -4.99. The van der Waals surface area contributed by atoms with Crippen molar-refractivity contribution in [3.63, 3.8) is 0 Å². The molecule has 0 radical (unpaired) electrons. The van der Waals surface area contributed by atoms with Crippen LogP contribution >= 0.6 is 11.8 Å². The van der Waals surface area contributed by atoms with Crippen LogP contribution in [0.15, 0.2) is 82.8 Å². The van der Waals surface area contributed by atoms with Crippen LogP contribution in [0.4, 0.5) is 8.78 Å². The number of rotatable bonds is 12. The van der Waals surface area contributed by atoms with Crippen molar-refractivity contribution in [2.75, 3.05) is 19.3 Å². The summed E-state index contributed by atoms with van der Waals surface area (Å²) in [5.41, 5.74) is 1.65. The molecular weight excluding hydrogens is 590 g/mol. The van der Waals surface area contributed by atoms with Crippen LogP contribution in [-0.2, 0) is 11.4 Å². The summed E-state index contributed by atoms with van der Waals surface area (Å²) < 4.78 is 48.3. The molecule has 1 aromatic heterocycles. The average Bonchev–Trinajstić information content (AvgIpc) is 3.46. The number of carboxylic acids is 1. The third-order valence-corrected chi connectivity index (χ3v) is 7.50. The second kappa shape index (κ2) is 14.0. The van der Waals surface area contributed by atoms with Gasteiger partial charge in [-0.3, -0.25) is 14.7 Å². The Morgan fingerprint density at radius 1 is 1.09 bits per heavy atom. The fraction of sp³-hybridized carbons (Fsp3) is 0.188. The van der Waals surface area contributed by atoms with Gasteiger partial charge in [0.1, 0.15) is 18.5 Å². The van der Waals surface area contributed by atoms with Crippen molar-refractivity contribution in [2.24, 2.45) is 4.99 Å². The van der Waals surface area contributed by atoms with E-state index in [1.54, 1.807) is 24.4 Å². The molecular formula is C32H26F2N4O5S. The van der Waals surface area contributed by atoms with Gasteiger partial charge in [0.25, 0.3) is 5.88 Å². The molecule has 12 heteroatoms. The first kappa shape index (κ1) is 30.5. The number of benzene rings is 3. The lowest BCUT2D eigenvalue weighted by Crippen LogP contribution is -2.19. The fourth-order valence-electron chi connectivity index (χ4n) is 4.30. The van der Waals surface area contributed by atoms with E-state index < -0.39 is 35.4 Å². The second-order valence-corrected chi connectivity index (χ2v) is 10.8. The van der Waals surface area contributed by atoms with Crippen LogP contribution in [0.3, 0.4) is 0 Å². The van der Waals surface area contributed by atoms with E-state index in [2.05, 4.69) is 9.98 Å². The van der Waals surface area contributed by atoms with Gasteiger partial charge in [-0.05, 0) is 42.9 Å². The molecule has 0 saturated heterocycles. The van der Waals surface area contributed by atoms with Gasteiger partial charge in [-0.15, -0.1) is 11.8 Å². The largest absolute Gasteiger partial charge is 0.485 e. The van der Waals surface area contributed by atoms with Crippen LogP contribution < -0.4 is 14.2 Å². The van der Waals surface area contributed by atoms with Gasteiger partial charge < -0.3 is 19.3 Å². The molecule has 2 heterocycles. The Morgan fingerprint density at radius 2 is 1.89 bits per heavy atom. The quantitative estimate of drug-likeness (QED) is 0.168. The van der Waals surface area contributed by atoms with E-state index in [0.717, 1.165) is 16.7 Å². The minimum atomic E-state index is -1.20. The third-order valence-electron chi connectivity index (χ3n) is 6.51. The zero-order valence-corrected chi connectivity index (χ0v) is 24.3. The Bertz CT molecular complexity index is 1730. The number of pyridine rings is 1. The molecule has 44 heavy (non-hydrogen) atoms. The van der Waals surface area contributed by atoms with E-state index in [0.29, 0.717) is 17.9 Å². The number of thioether (sulfide) groups is 1. The minimum absolute atomic E-state index is 0.00860. The zero-order chi connectivity index (χ0) is 31.1. The van der Waals surface area contributed by atoms with Gasteiger partial charge in [-0.25, -0.2) is 9.37 Å². The Balaban J connectivity index is 1.44. The van der Waals surface area contributed by atoms with Crippen molar-refractivity contribution in [3.05, 3.63) is 101 Å². The molecule has 9 nitrogen and oxygen atoms in total. The number of aliphatic carboxylic acids is 1. The maximum atomic E-state index is 15.8. The van der Waals surface area contributed by atoms with Crippen LogP contribution in [0, 0.1) is 23.0 Å². The molecule has 0 saturated carbocycles. The summed E-state index contributed by atoms with van der Waals surface area (Å²) in [4.78, 5) is 21.9. The molecule has 1 atom stereocenters. The normalized spacial score (nSPS) is 14.3. The highest BCUT2D eigenvalue weighted by molar-refractivity contribution is 7.99. The highest BCUT2D eigenvalue weighted by Crippen LogP contribution is 2.41. The molecule has 5 rings (SSSR count). The molecule has 0 aliphatic carbocycles. The van der Waals surface area contributed by atoms with Crippen molar-refractivity contribution in [1.29, 1.82) is 5.26 Å². The van der Waals surface area contributed by atoms with Crippen molar-refractivity contribution in [2.45, 2.75) is 24.1 Å². The Kier molecular flexibility index (Phi) is 9.69. The number of nitriles is 1. The molecule has 0 bridgehead atoms. The van der Waals surface area contributed by atoms with Crippen molar-refractivity contribution in [3.8, 4) is 34.9 Å².